The smallest absolute Gasteiger partial charge is 0.159 e. The summed E-state index contributed by atoms with van der Waals surface area (Å²) in [5.41, 5.74) is 2.27. The van der Waals surface area contributed by atoms with Gasteiger partial charge in [-0.15, -0.1) is 0 Å². The predicted octanol–water partition coefficient (Wildman–Crippen LogP) is 3.39. The zero-order chi connectivity index (χ0) is 13.8. The molecule has 0 amide bonds. The van der Waals surface area contributed by atoms with Gasteiger partial charge in [0.25, 0.3) is 0 Å². The van der Waals surface area contributed by atoms with Crippen molar-refractivity contribution >= 4 is 11.5 Å². The highest BCUT2D eigenvalue weighted by Crippen LogP contribution is 2.26. The van der Waals surface area contributed by atoms with Crippen LogP contribution in [-0.2, 0) is 0 Å². The topological polar surface area (TPSA) is 44.1 Å². The van der Waals surface area contributed by atoms with Crippen molar-refractivity contribution in [2.75, 3.05) is 18.0 Å². The second-order valence-corrected chi connectivity index (χ2v) is 5.42. The first-order chi connectivity index (χ1) is 9.11. The molecule has 19 heavy (non-hydrogen) atoms. The first-order valence-corrected chi connectivity index (χ1v) is 6.92. The summed E-state index contributed by atoms with van der Waals surface area (Å²) in [6, 6.07) is 7.61. The number of anilines is 1. The van der Waals surface area contributed by atoms with Crippen LogP contribution in [0.4, 0.5) is 5.69 Å². The molecule has 0 N–H and O–H groups in total. The normalized spacial score (nSPS) is 19.6. The van der Waals surface area contributed by atoms with Crippen molar-refractivity contribution in [3.8, 4) is 6.07 Å². The van der Waals surface area contributed by atoms with E-state index < -0.39 is 0 Å². The first-order valence-electron chi connectivity index (χ1n) is 6.92. The summed E-state index contributed by atoms with van der Waals surface area (Å²) >= 11 is 0. The zero-order valence-electron chi connectivity index (χ0n) is 11.6. The molecule has 1 aromatic carbocycles. The number of benzene rings is 1. The lowest BCUT2D eigenvalue weighted by Gasteiger charge is -2.24. The van der Waals surface area contributed by atoms with Crippen molar-refractivity contribution in [2.24, 2.45) is 5.92 Å². The van der Waals surface area contributed by atoms with Crippen LogP contribution in [-0.4, -0.2) is 18.9 Å². The lowest BCUT2D eigenvalue weighted by Crippen LogP contribution is -2.25. The summed E-state index contributed by atoms with van der Waals surface area (Å²) in [5.74, 6) is 0.792. The second kappa shape index (κ2) is 5.88. The van der Waals surface area contributed by atoms with Gasteiger partial charge in [0.15, 0.2) is 5.78 Å². The average molecular weight is 256 g/mol. The minimum atomic E-state index is 0.0499. The minimum absolute atomic E-state index is 0.0499. The van der Waals surface area contributed by atoms with Gasteiger partial charge in [-0.25, -0.2) is 0 Å². The number of carbonyl (C=O) groups is 1. The van der Waals surface area contributed by atoms with Crippen LogP contribution in [0.25, 0.3) is 0 Å². The lowest BCUT2D eigenvalue weighted by atomic mass is 10.0. The van der Waals surface area contributed by atoms with E-state index in [0.717, 1.165) is 37.5 Å². The highest BCUT2D eigenvalue weighted by molar-refractivity contribution is 5.95. The average Bonchev–Trinajstić information content (AvgIpc) is 2.62. The molecule has 1 aliphatic heterocycles. The maximum atomic E-state index is 11.5. The monoisotopic (exact) mass is 256 g/mol. The summed E-state index contributed by atoms with van der Waals surface area (Å²) in [6.45, 7) is 5.79. The lowest BCUT2D eigenvalue weighted by molar-refractivity contribution is 0.101. The summed E-state index contributed by atoms with van der Waals surface area (Å²) in [4.78, 5) is 13.8. The molecule has 3 nitrogen and oxygen atoms in total. The molecule has 0 aromatic heterocycles. The number of Topliss-reactive ketones (excluding diaryl/α,β-unsaturated/α-hetero) is 1. The van der Waals surface area contributed by atoms with Gasteiger partial charge in [-0.1, -0.05) is 6.92 Å². The SMILES string of the molecule is CC(=O)c1ccc(C#N)c(N2CCCC(C)CC2)c1. The van der Waals surface area contributed by atoms with Crippen LogP contribution in [0.5, 0.6) is 0 Å². The first kappa shape index (κ1) is 13.6. The van der Waals surface area contributed by atoms with Crippen molar-refractivity contribution in [2.45, 2.75) is 33.1 Å². The van der Waals surface area contributed by atoms with Crippen LogP contribution >= 0.6 is 0 Å². The van der Waals surface area contributed by atoms with Crippen LogP contribution in [0.15, 0.2) is 18.2 Å². The molecule has 1 heterocycles. The molecule has 2 rings (SSSR count). The fourth-order valence-electron chi connectivity index (χ4n) is 2.61. The van der Waals surface area contributed by atoms with E-state index in [1.807, 2.05) is 6.07 Å². The Morgan fingerprint density at radius 2 is 2.16 bits per heavy atom. The van der Waals surface area contributed by atoms with Crippen LogP contribution in [0.2, 0.25) is 0 Å². The van der Waals surface area contributed by atoms with Crippen molar-refractivity contribution in [1.82, 2.24) is 0 Å². The Morgan fingerprint density at radius 1 is 1.37 bits per heavy atom. The van der Waals surface area contributed by atoms with Gasteiger partial charge in [-0.2, -0.15) is 5.26 Å². The number of nitrogens with zero attached hydrogens (tertiary/aromatic N) is 2. The van der Waals surface area contributed by atoms with Crippen LogP contribution in [0.3, 0.4) is 0 Å². The third kappa shape index (κ3) is 3.14. The highest BCUT2D eigenvalue weighted by atomic mass is 16.1. The van der Waals surface area contributed by atoms with Crippen molar-refractivity contribution in [1.29, 1.82) is 5.26 Å². The van der Waals surface area contributed by atoms with Crippen molar-refractivity contribution < 1.29 is 4.79 Å². The fourth-order valence-corrected chi connectivity index (χ4v) is 2.61. The van der Waals surface area contributed by atoms with Crippen LogP contribution < -0.4 is 4.90 Å². The molecule has 0 bridgehead atoms. The number of hydrogen-bond acceptors (Lipinski definition) is 3. The van der Waals surface area contributed by atoms with Gasteiger partial charge in [0, 0.05) is 18.7 Å². The van der Waals surface area contributed by atoms with E-state index in [0.29, 0.717) is 11.1 Å². The molecule has 0 spiro atoms. The van der Waals surface area contributed by atoms with Crippen LogP contribution in [0, 0.1) is 17.2 Å². The molecular formula is C16H20N2O. The maximum absolute atomic E-state index is 11.5. The van der Waals surface area contributed by atoms with Gasteiger partial charge < -0.3 is 4.90 Å². The molecule has 1 aliphatic rings. The second-order valence-electron chi connectivity index (χ2n) is 5.42. The van der Waals surface area contributed by atoms with Crippen molar-refractivity contribution in [3.05, 3.63) is 29.3 Å². The molecule has 3 heteroatoms. The molecule has 0 saturated carbocycles. The standard InChI is InChI=1S/C16H20N2O/c1-12-4-3-8-18(9-7-12)16-10-14(13(2)19)5-6-15(16)11-17/h5-6,10,12H,3-4,7-9H2,1-2H3. The number of carbonyl (C=O) groups excluding carboxylic acids is 1. The van der Waals surface area contributed by atoms with E-state index in [-0.39, 0.29) is 5.78 Å². The summed E-state index contributed by atoms with van der Waals surface area (Å²) < 4.78 is 0. The number of ketones is 1. The Balaban J connectivity index is 2.33. The molecular weight excluding hydrogens is 236 g/mol. The summed E-state index contributed by atoms with van der Waals surface area (Å²) in [5, 5.41) is 9.24. The molecule has 1 fully saturated rings. The number of rotatable bonds is 2. The Kier molecular flexibility index (Phi) is 4.21. The van der Waals surface area contributed by atoms with Crippen LogP contribution in [0.1, 0.15) is 49.0 Å². The quantitative estimate of drug-likeness (QED) is 0.762. The number of hydrogen-bond donors (Lipinski definition) is 0. The highest BCUT2D eigenvalue weighted by Gasteiger charge is 2.17. The predicted molar refractivity (Wildman–Crippen MR) is 76.4 cm³/mol. The summed E-state index contributed by atoms with van der Waals surface area (Å²) in [6.07, 6.45) is 3.54. The Morgan fingerprint density at radius 3 is 2.84 bits per heavy atom. The zero-order valence-corrected chi connectivity index (χ0v) is 11.6. The molecule has 1 aromatic rings. The summed E-state index contributed by atoms with van der Waals surface area (Å²) in [7, 11) is 0. The van der Waals surface area contributed by atoms with Gasteiger partial charge in [0.1, 0.15) is 6.07 Å². The molecule has 1 atom stereocenters. The fraction of sp³-hybridized carbons (Fsp3) is 0.500. The van der Waals surface area contributed by atoms with E-state index in [9.17, 15) is 10.1 Å². The molecule has 1 saturated heterocycles. The molecule has 100 valence electrons. The van der Waals surface area contributed by atoms with Gasteiger partial charge >= 0.3 is 0 Å². The third-order valence-electron chi connectivity index (χ3n) is 3.88. The van der Waals surface area contributed by atoms with E-state index >= 15 is 0 Å². The van der Waals surface area contributed by atoms with E-state index in [1.165, 1.54) is 6.42 Å². The minimum Gasteiger partial charge on any atom is -0.370 e. The maximum Gasteiger partial charge on any atom is 0.159 e. The van der Waals surface area contributed by atoms with Crippen molar-refractivity contribution in [3.63, 3.8) is 0 Å². The Hall–Kier alpha value is -1.82. The largest absolute Gasteiger partial charge is 0.370 e. The Labute approximate surface area is 114 Å². The van der Waals surface area contributed by atoms with E-state index in [1.54, 1.807) is 19.1 Å². The van der Waals surface area contributed by atoms with Gasteiger partial charge in [-0.05, 0) is 50.3 Å². The Bertz CT molecular complexity index is 516. The van der Waals surface area contributed by atoms with E-state index in [4.69, 9.17) is 0 Å². The van der Waals surface area contributed by atoms with Gasteiger partial charge in [-0.3, -0.25) is 4.79 Å². The molecule has 0 radical (unpaired) electrons. The van der Waals surface area contributed by atoms with Gasteiger partial charge in [0.2, 0.25) is 0 Å². The molecule has 0 aliphatic carbocycles. The van der Waals surface area contributed by atoms with E-state index in [2.05, 4.69) is 17.9 Å². The third-order valence-corrected chi connectivity index (χ3v) is 3.88. The number of nitriles is 1. The van der Waals surface area contributed by atoms with Gasteiger partial charge in [0.05, 0.1) is 11.3 Å². The molecule has 1 unspecified atom stereocenters.